The van der Waals surface area contributed by atoms with Gasteiger partial charge in [-0.25, -0.2) is 9.67 Å². The molecule has 0 amide bonds. The SMILES string of the molecule is CCOc1nn(CCCCc2cn(-c3ccc(C(F)(F)F)cn3)nc2OCC)cc1CCC(=O)O. The Morgan fingerprint density at radius 3 is 2.29 bits per heavy atom. The zero-order valence-corrected chi connectivity index (χ0v) is 19.6. The number of alkyl halides is 3. The van der Waals surface area contributed by atoms with E-state index in [1.54, 1.807) is 10.9 Å². The fourth-order valence-electron chi connectivity index (χ4n) is 3.45. The number of pyridine rings is 1. The van der Waals surface area contributed by atoms with Gasteiger partial charge in [0.25, 0.3) is 0 Å². The molecule has 0 radical (unpaired) electrons. The molecule has 0 fully saturated rings. The number of unbranched alkanes of at least 4 members (excludes halogenated alkanes) is 1. The highest BCUT2D eigenvalue weighted by molar-refractivity contribution is 5.67. The highest BCUT2D eigenvalue weighted by atomic mass is 19.4. The second-order valence-electron chi connectivity index (χ2n) is 7.75. The molecule has 3 aromatic heterocycles. The third-order valence-electron chi connectivity index (χ3n) is 5.11. The topological polar surface area (TPSA) is 104 Å². The van der Waals surface area contributed by atoms with Gasteiger partial charge in [0.2, 0.25) is 11.8 Å². The van der Waals surface area contributed by atoms with Gasteiger partial charge in [-0.15, -0.1) is 10.2 Å². The lowest BCUT2D eigenvalue weighted by molar-refractivity contribution is -0.138. The van der Waals surface area contributed by atoms with Gasteiger partial charge >= 0.3 is 12.1 Å². The number of ether oxygens (including phenoxy) is 2. The lowest BCUT2D eigenvalue weighted by Gasteiger charge is -2.06. The fraction of sp³-hybridized carbons (Fsp3) is 0.478. The van der Waals surface area contributed by atoms with Crippen LogP contribution in [0.2, 0.25) is 0 Å². The van der Waals surface area contributed by atoms with Gasteiger partial charge in [-0.05, 0) is 51.7 Å². The number of aromatic nitrogens is 5. The molecule has 35 heavy (non-hydrogen) atoms. The molecule has 0 bridgehead atoms. The van der Waals surface area contributed by atoms with Crippen molar-refractivity contribution in [2.24, 2.45) is 0 Å². The van der Waals surface area contributed by atoms with Gasteiger partial charge < -0.3 is 14.6 Å². The summed E-state index contributed by atoms with van der Waals surface area (Å²) in [5.74, 6) is 0.261. The van der Waals surface area contributed by atoms with Crippen LogP contribution in [0.15, 0.2) is 30.7 Å². The number of rotatable bonds is 13. The lowest BCUT2D eigenvalue weighted by Crippen LogP contribution is -2.07. The van der Waals surface area contributed by atoms with E-state index in [0.29, 0.717) is 44.4 Å². The van der Waals surface area contributed by atoms with Crippen LogP contribution in [-0.4, -0.2) is 48.8 Å². The monoisotopic (exact) mass is 495 g/mol. The molecule has 0 aliphatic carbocycles. The first-order valence-corrected chi connectivity index (χ1v) is 11.4. The lowest BCUT2D eigenvalue weighted by atomic mass is 10.1. The third-order valence-corrected chi connectivity index (χ3v) is 5.11. The zero-order chi connectivity index (χ0) is 25.4. The predicted octanol–water partition coefficient (Wildman–Crippen LogP) is 4.32. The molecule has 12 heteroatoms. The molecule has 0 saturated carbocycles. The first-order valence-electron chi connectivity index (χ1n) is 11.4. The van der Waals surface area contributed by atoms with Crippen LogP contribution in [0.5, 0.6) is 11.8 Å². The molecule has 0 aliphatic rings. The number of aliphatic carboxylic acids is 1. The molecule has 3 heterocycles. The van der Waals surface area contributed by atoms with E-state index in [-0.39, 0.29) is 12.2 Å². The molecule has 3 aromatic rings. The second kappa shape index (κ2) is 11.7. The third kappa shape index (κ3) is 7.20. The number of aryl methyl sites for hydroxylation is 3. The molecule has 190 valence electrons. The Hall–Kier alpha value is -3.57. The van der Waals surface area contributed by atoms with Crippen molar-refractivity contribution >= 4 is 5.97 Å². The van der Waals surface area contributed by atoms with Crippen LogP contribution in [0.1, 0.15) is 49.8 Å². The Kier molecular flexibility index (Phi) is 8.72. The van der Waals surface area contributed by atoms with E-state index in [4.69, 9.17) is 14.6 Å². The van der Waals surface area contributed by atoms with Gasteiger partial charge in [0, 0.05) is 42.7 Å². The Labute approximate surface area is 200 Å². The van der Waals surface area contributed by atoms with Crippen LogP contribution in [0.25, 0.3) is 5.82 Å². The Balaban J connectivity index is 1.62. The molecular formula is C23H28F3N5O4. The summed E-state index contributed by atoms with van der Waals surface area (Å²) in [6.07, 6.45) is 2.40. The van der Waals surface area contributed by atoms with Crippen molar-refractivity contribution in [3.63, 3.8) is 0 Å². The first kappa shape index (κ1) is 26.0. The summed E-state index contributed by atoms with van der Waals surface area (Å²) in [4.78, 5) is 14.8. The van der Waals surface area contributed by atoms with E-state index in [1.165, 1.54) is 10.7 Å². The van der Waals surface area contributed by atoms with Crippen molar-refractivity contribution in [2.75, 3.05) is 13.2 Å². The van der Waals surface area contributed by atoms with Gasteiger partial charge in [0.15, 0.2) is 5.82 Å². The number of nitrogens with zero attached hydrogens (tertiary/aromatic N) is 5. The number of hydrogen-bond acceptors (Lipinski definition) is 6. The van der Waals surface area contributed by atoms with Gasteiger partial charge in [-0.1, -0.05) is 0 Å². The summed E-state index contributed by atoms with van der Waals surface area (Å²) < 4.78 is 52.7. The quantitative estimate of drug-likeness (QED) is 0.352. The minimum Gasteiger partial charge on any atom is -0.481 e. The van der Waals surface area contributed by atoms with Gasteiger partial charge in [-0.3, -0.25) is 9.48 Å². The molecule has 0 unspecified atom stereocenters. The van der Waals surface area contributed by atoms with Crippen LogP contribution >= 0.6 is 0 Å². The summed E-state index contributed by atoms with van der Waals surface area (Å²) in [5.41, 5.74) is 0.764. The molecular weight excluding hydrogens is 467 g/mol. The molecule has 9 nitrogen and oxygen atoms in total. The maximum absolute atomic E-state index is 12.8. The van der Waals surface area contributed by atoms with Crippen LogP contribution in [0.4, 0.5) is 13.2 Å². The summed E-state index contributed by atoms with van der Waals surface area (Å²) in [6, 6.07) is 2.24. The van der Waals surface area contributed by atoms with E-state index in [2.05, 4.69) is 15.2 Å². The molecule has 3 rings (SSSR count). The van der Waals surface area contributed by atoms with E-state index in [0.717, 1.165) is 36.2 Å². The standard InChI is InChI=1S/C23H28F3N5O4/c1-3-34-21-17(8-11-20(32)33)14-30(28-21)12-6-5-7-16-15-31(29-22(16)35-4-2)19-10-9-18(13-27-19)23(24,25)26/h9-10,13-15H,3-8,11-12H2,1-2H3,(H,32,33). The number of carbonyl (C=O) groups is 1. The second-order valence-corrected chi connectivity index (χ2v) is 7.75. The molecule has 0 aliphatic heterocycles. The summed E-state index contributed by atoms with van der Waals surface area (Å²) >= 11 is 0. The largest absolute Gasteiger partial charge is 0.481 e. The fourth-order valence-corrected chi connectivity index (χ4v) is 3.45. The first-order chi connectivity index (χ1) is 16.7. The Morgan fingerprint density at radius 1 is 1.00 bits per heavy atom. The number of hydrogen-bond donors (Lipinski definition) is 1. The smallest absolute Gasteiger partial charge is 0.417 e. The average molecular weight is 496 g/mol. The van der Waals surface area contributed by atoms with Crippen molar-refractivity contribution in [3.8, 4) is 17.6 Å². The van der Waals surface area contributed by atoms with Crippen LogP contribution in [-0.2, 0) is 30.4 Å². The summed E-state index contributed by atoms with van der Waals surface area (Å²) in [6.45, 7) is 5.13. The number of carboxylic acid groups (broad SMARTS) is 1. The van der Waals surface area contributed by atoms with Gasteiger partial charge in [0.05, 0.1) is 18.8 Å². The van der Waals surface area contributed by atoms with E-state index >= 15 is 0 Å². The normalized spacial score (nSPS) is 11.6. The van der Waals surface area contributed by atoms with Crippen LogP contribution in [0, 0.1) is 0 Å². The van der Waals surface area contributed by atoms with Crippen LogP contribution in [0.3, 0.4) is 0 Å². The van der Waals surface area contributed by atoms with E-state index < -0.39 is 17.7 Å². The van der Waals surface area contributed by atoms with Gasteiger partial charge in [-0.2, -0.15) is 13.2 Å². The van der Waals surface area contributed by atoms with Crippen molar-refractivity contribution < 1.29 is 32.5 Å². The van der Waals surface area contributed by atoms with Crippen molar-refractivity contribution in [1.82, 2.24) is 24.5 Å². The molecule has 0 spiro atoms. The van der Waals surface area contributed by atoms with Gasteiger partial charge in [0.1, 0.15) is 0 Å². The number of carboxylic acids is 1. The maximum Gasteiger partial charge on any atom is 0.417 e. The minimum absolute atomic E-state index is 0.00372. The molecule has 0 saturated heterocycles. The molecule has 0 aromatic carbocycles. The van der Waals surface area contributed by atoms with E-state index in [9.17, 15) is 18.0 Å². The Bertz CT molecular complexity index is 1110. The minimum atomic E-state index is -4.45. The van der Waals surface area contributed by atoms with Crippen LogP contribution < -0.4 is 9.47 Å². The number of halogens is 3. The molecule has 1 N–H and O–H groups in total. The van der Waals surface area contributed by atoms with E-state index in [1.807, 2.05) is 20.0 Å². The van der Waals surface area contributed by atoms with Crippen molar-refractivity contribution in [3.05, 3.63) is 47.4 Å². The Morgan fingerprint density at radius 2 is 1.69 bits per heavy atom. The van der Waals surface area contributed by atoms with Crippen molar-refractivity contribution in [1.29, 1.82) is 0 Å². The highest BCUT2D eigenvalue weighted by Crippen LogP contribution is 2.29. The summed E-state index contributed by atoms with van der Waals surface area (Å²) in [7, 11) is 0. The predicted molar refractivity (Wildman–Crippen MR) is 120 cm³/mol. The summed E-state index contributed by atoms with van der Waals surface area (Å²) in [5, 5.41) is 17.7. The average Bonchev–Trinajstić information content (AvgIpc) is 3.39. The maximum atomic E-state index is 12.8. The highest BCUT2D eigenvalue weighted by Gasteiger charge is 2.30. The van der Waals surface area contributed by atoms with Crippen molar-refractivity contribution in [2.45, 2.75) is 58.7 Å². The molecule has 0 atom stereocenters. The zero-order valence-electron chi connectivity index (χ0n) is 19.6.